The number of aliphatic hydroxyl groups is 1. The van der Waals surface area contributed by atoms with E-state index in [0.717, 1.165) is 25.0 Å². The van der Waals surface area contributed by atoms with Gasteiger partial charge in [0, 0.05) is 11.6 Å². The fourth-order valence-electron chi connectivity index (χ4n) is 2.63. The highest BCUT2D eigenvalue weighted by Crippen LogP contribution is 2.29. The Morgan fingerprint density at radius 2 is 2.06 bits per heavy atom. The van der Waals surface area contributed by atoms with Crippen LogP contribution in [0.3, 0.4) is 0 Å². The Hall–Kier alpha value is -0.960. The van der Waals surface area contributed by atoms with Crippen molar-refractivity contribution in [1.82, 2.24) is 9.97 Å². The molecule has 1 heterocycles. The minimum atomic E-state index is -0.328. The van der Waals surface area contributed by atoms with E-state index >= 15 is 0 Å². The molecule has 0 aromatic carbocycles. The van der Waals surface area contributed by atoms with Gasteiger partial charge in [-0.15, -0.1) is 0 Å². The molecule has 0 spiro atoms. The lowest BCUT2D eigenvalue weighted by Gasteiger charge is -2.24. The van der Waals surface area contributed by atoms with E-state index in [1.807, 2.05) is 6.92 Å². The van der Waals surface area contributed by atoms with Crippen LogP contribution in [0.15, 0.2) is 6.33 Å². The highest BCUT2D eigenvalue weighted by molar-refractivity contribution is 5.30. The fraction of sp³-hybridized carbons (Fsp3) is 0.692. The number of aliphatic hydroxyl groups excluding tert-OH is 1. The summed E-state index contributed by atoms with van der Waals surface area (Å²) < 4.78 is 0. The zero-order valence-corrected chi connectivity index (χ0v) is 10.1. The van der Waals surface area contributed by atoms with Crippen LogP contribution in [0, 0.1) is 0 Å². The second-order valence-electron chi connectivity index (χ2n) is 4.65. The van der Waals surface area contributed by atoms with Crippen molar-refractivity contribution >= 4 is 0 Å². The maximum atomic E-state index is 9.81. The van der Waals surface area contributed by atoms with E-state index < -0.39 is 0 Å². The van der Waals surface area contributed by atoms with Crippen molar-refractivity contribution in [2.75, 3.05) is 0 Å². The van der Waals surface area contributed by atoms with E-state index in [1.165, 1.54) is 24.1 Å². The van der Waals surface area contributed by atoms with Crippen molar-refractivity contribution in [3.8, 4) is 0 Å². The lowest BCUT2D eigenvalue weighted by Crippen LogP contribution is -2.20. The summed E-state index contributed by atoms with van der Waals surface area (Å²) in [6.45, 7) is 3.96. The molecule has 16 heavy (non-hydrogen) atoms. The van der Waals surface area contributed by atoms with Gasteiger partial charge in [-0.3, -0.25) is 0 Å². The summed E-state index contributed by atoms with van der Waals surface area (Å²) in [4.78, 5) is 8.78. The molecule has 0 aliphatic heterocycles. The lowest BCUT2D eigenvalue weighted by atomic mass is 9.87. The smallest absolute Gasteiger partial charge is 0.115 e. The number of hydrogen-bond donors (Lipinski definition) is 1. The van der Waals surface area contributed by atoms with Crippen LogP contribution in [0.25, 0.3) is 0 Å². The standard InChI is InChI=1S/C13H20N2O/c1-3-10(9(2)16)13-11-6-4-5-7-12(11)14-8-15-13/h8-10,16H,3-7H2,1-2H3. The second-order valence-corrected chi connectivity index (χ2v) is 4.65. The summed E-state index contributed by atoms with van der Waals surface area (Å²) in [6, 6.07) is 0. The average Bonchev–Trinajstić information content (AvgIpc) is 2.30. The van der Waals surface area contributed by atoms with E-state index in [-0.39, 0.29) is 12.0 Å². The zero-order chi connectivity index (χ0) is 11.5. The first-order chi connectivity index (χ1) is 7.74. The van der Waals surface area contributed by atoms with Gasteiger partial charge in [0.2, 0.25) is 0 Å². The van der Waals surface area contributed by atoms with Crippen LogP contribution < -0.4 is 0 Å². The van der Waals surface area contributed by atoms with Crippen LogP contribution in [0.2, 0.25) is 0 Å². The van der Waals surface area contributed by atoms with Crippen molar-refractivity contribution < 1.29 is 5.11 Å². The van der Waals surface area contributed by atoms with Gasteiger partial charge in [0.15, 0.2) is 0 Å². The molecule has 0 radical (unpaired) electrons. The molecule has 0 fully saturated rings. The van der Waals surface area contributed by atoms with Crippen LogP contribution in [0.1, 0.15) is 56.0 Å². The first kappa shape index (κ1) is 11.5. The van der Waals surface area contributed by atoms with E-state index in [4.69, 9.17) is 0 Å². The minimum Gasteiger partial charge on any atom is -0.393 e. The Kier molecular flexibility index (Phi) is 3.54. The fourth-order valence-corrected chi connectivity index (χ4v) is 2.63. The van der Waals surface area contributed by atoms with Gasteiger partial charge in [-0.25, -0.2) is 9.97 Å². The summed E-state index contributed by atoms with van der Waals surface area (Å²) in [6.07, 6.45) is 6.87. The van der Waals surface area contributed by atoms with Crippen molar-refractivity contribution in [3.05, 3.63) is 23.3 Å². The van der Waals surface area contributed by atoms with Gasteiger partial charge >= 0.3 is 0 Å². The van der Waals surface area contributed by atoms with Crippen LogP contribution in [0.5, 0.6) is 0 Å². The summed E-state index contributed by atoms with van der Waals surface area (Å²) in [7, 11) is 0. The van der Waals surface area contributed by atoms with Gasteiger partial charge in [0.05, 0.1) is 11.8 Å². The second kappa shape index (κ2) is 4.91. The van der Waals surface area contributed by atoms with Crippen molar-refractivity contribution in [3.63, 3.8) is 0 Å². The lowest BCUT2D eigenvalue weighted by molar-refractivity contribution is 0.157. The van der Waals surface area contributed by atoms with E-state index in [0.29, 0.717) is 0 Å². The third-order valence-corrected chi connectivity index (χ3v) is 3.53. The SMILES string of the molecule is CCC(c1ncnc2c1CCCC2)C(C)O. The molecule has 0 saturated carbocycles. The van der Waals surface area contributed by atoms with Crippen molar-refractivity contribution in [2.45, 2.75) is 58.0 Å². The van der Waals surface area contributed by atoms with E-state index in [1.54, 1.807) is 6.33 Å². The molecule has 1 aliphatic carbocycles. The highest BCUT2D eigenvalue weighted by Gasteiger charge is 2.23. The largest absolute Gasteiger partial charge is 0.393 e. The predicted octanol–water partition coefficient (Wildman–Crippen LogP) is 2.23. The third-order valence-electron chi connectivity index (χ3n) is 3.53. The van der Waals surface area contributed by atoms with Crippen LogP contribution in [0.4, 0.5) is 0 Å². The number of nitrogens with zero attached hydrogens (tertiary/aromatic N) is 2. The maximum absolute atomic E-state index is 9.81. The molecule has 2 unspecified atom stereocenters. The maximum Gasteiger partial charge on any atom is 0.115 e. The Labute approximate surface area is 96.9 Å². The van der Waals surface area contributed by atoms with Gasteiger partial charge in [-0.1, -0.05) is 6.92 Å². The normalized spacial score (nSPS) is 18.9. The minimum absolute atomic E-state index is 0.162. The van der Waals surface area contributed by atoms with E-state index in [9.17, 15) is 5.11 Å². The van der Waals surface area contributed by atoms with E-state index in [2.05, 4.69) is 16.9 Å². The molecular formula is C13H20N2O. The van der Waals surface area contributed by atoms with Crippen LogP contribution in [-0.4, -0.2) is 21.2 Å². The van der Waals surface area contributed by atoms with Gasteiger partial charge in [0.1, 0.15) is 6.33 Å². The number of aryl methyl sites for hydroxylation is 1. The zero-order valence-electron chi connectivity index (χ0n) is 10.1. The molecule has 0 amide bonds. The first-order valence-corrected chi connectivity index (χ1v) is 6.24. The summed E-state index contributed by atoms with van der Waals surface area (Å²) in [5, 5.41) is 9.81. The van der Waals surface area contributed by atoms with Crippen LogP contribution in [-0.2, 0) is 12.8 Å². The number of hydrogen-bond acceptors (Lipinski definition) is 3. The Bertz CT molecular complexity index is 363. The summed E-state index contributed by atoms with van der Waals surface area (Å²) in [5.74, 6) is 0.162. The summed E-state index contributed by atoms with van der Waals surface area (Å²) >= 11 is 0. The topological polar surface area (TPSA) is 46.0 Å². The van der Waals surface area contributed by atoms with Crippen molar-refractivity contribution in [1.29, 1.82) is 0 Å². The number of fused-ring (bicyclic) bond motifs is 1. The quantitative estimate of drug-likeness (QED) is 0.849. The molecule has 0 bridgehead atoms. The highest BCUT2D eigenvalue weighted by atomic mass is 16.3. The number of rotatable bonds is 3. The molecule has 3 nitrogen and oxygen atoms in total. The average molecular weight is 220 g/mol. The third kappa shape index (κ3) is 2.09. The molecule has 1 aromatic rings. The van der Waals surface area contributed by atoms with Gasteiger partial charge in [-0.05, 0) is 44.6 Å². The Balaban J connectivity index is 2.39. The molecule has 2 atom stereocenters. The van der Waals surface area contributed by atoms with Crippen molar-refractivity contribution in [2.24, 2.45) is 0 Å². The molecule has 88 valence electrons. The molecule has 3 heteroatoms. The Morgan fingerprint density at radius 3 is 2.75 bits per heavy atom. The molecule has 1 N–H and O–H groups in total. The molecular weight excluding hydrogens is 200 g/mol. The molecule has 1 aromatic heterocycles. The molecule has 2 rings (SSSR count). The Morgan fingerprint density at radius 1 is 1.31 bits per heavy atom. The molecule has 1 aliphatic rings. The van der Waals surface area contributed by atoms with Crippen LogP contribution >= 0.6 is 0 Å². The summed E-state index contributed by atoms with van der Waals surface area (Å²) in [5.41, 5.74) is 3.60. The first-order valence-electron chi connectivity index (χ1n) is 6.24. The van der Waals surface area contributed by atoms with Gasteiger partial charge in [0.25, 0.3) is 0 Å². The van der Waals surface area contributed by atoms with Gasteiger partial charge < -0.3 is 5.11 Å². The van der Waals surface area contributed by atoms with Gasteiger partial charge in [-0.2, -0.15) is 0 Å². The number of aromatic nitrogens is 2. The monoisotopic (exact) mass is 220 g/mol. The molecule has 0 saturated heterocycles. The predicted molar refractivity (Wildman–Crippen MR) is 63.4 cm³/mol.